The monoisotopic (exact) mass is 264 g/mol. The number of methoxy groups -OCH3 is 1. The Balaban J connectivity index is 2.15. The Morgan fingerprint density at radius 1 is 1.32 bits per heavy atom. The second-order valence-electron chi connectivity index (χ2n) is 5.23. The minimum atomic E-state index is 0.570. The molecule has 0 N–H and O–H groups in total. The number of hydrogen-bond acceptors (Lipinski definition) is 5. The molecule has 0 bridgehead atoms. The zero-order chi connectivity index (χ0) is 13.8. The zero-order valence-corrected chi connectivity index (χ0v) is 12.3. The van der Waals surface area contributed by atoms with Crippen LogP contribution in [0.3, 0.4) is 0 Å². The van der Waals surface area contributed by atoms with E-state index in [-0.39, 0.29) is 0 Å². The first-order valence-corrected chi connectivity index (χ1v) is 7.03. The van der Waals surface area contributed by atoms with Gasteiger partial charge in [0.25, 0.3) is 5.88 Å². The van der Waals surface area contributed by atoms with Gasteiger partial charge >= 0.3 is 0 Å². The molecule has 0 spiro atoms. The molecule has 1 aromatic rings. The Bertz CT molecular complexity index is 410. The molecule has 106 valence electrons. The molecule has 1 saturated heterocycles. The molecule has 1 atom stereocenters. The maximum Gasteiger partial charge on any atom is 0.257 e. The lowest BCUT2D eigenvalue weighted by Crippen LogP contribution is -2.55. The van der Waals surface area contributed by atoms with Crippen molar-refractivity contribution in [2.75, 3.05) is 31.6 Å². The summed E-state index contributed by atoms with van der Waals surface area (Å²) in [5, 5.41) is 0. The van der Waals surface area contributed by atoms with Crippen molar-refractivity contribution in [2.45, 2.75) is 39.3 Å². The normalized spacial score (nSPS) is 20.9. The molecule has 2 heterocycles. The number of piperazine rings is 1. The van der Waals surface area contributed by atoms with Crippen molar-refractivity contribution in [3.05, 3.63) is 12.4 Å². The second kappa shape index (κ2) is 6.19. The third-order valence-corrected chi connectivity index (χ3v) is 3.80. The standard InChI is InChI=1S/C14H24N4O/c1-5-12-10-17(8-9-18(12)11(2)3)13-14(19-4)16-7-6-15-13/h6-7,11-12H,5,8-10H2,1-4H3/t12-/m1/s1. The molecule has 0 aliphatic carbocycles. The Morgan fingerprint density at radius 3 is 2.68 bits per heavy atom. The molecule has 0 saturated carbocycles. The summed E-state index contributed by atoms with van der Waals surface area (Å²) in [6.45, 7) is 9.81. The van der Waals surface area contributed by atoms with Crippen molar-refractivity contribution in [3.8, 4) is 5.88 Å². The third-order valence-electron chi connectivity index (χ3n) is 3.80. The van der Waals surface area contributed by atoms with Crippen LogP contribution in [-0.2, 0) is 0 Å². The molecule has 5 heteroatoms. The first-order chi connectivity index (χ1) is 9.17. The summed E-state index contributed by atoms with van der Waals surface area (Å²) in [6, 6.07) is 1.16. The number of ether oxygens (including phenoxy) is 1. The van der Waals surface area contributed by atoms with E-state index in [4.69, 9.17) is 4.74 Å². The van der Waals surface area contributed by atoms with Gasteiger partial charge in [0.1, 0.15) is 0 Å². The van der Waals surface area contributed by atoms with Gasteiger partial charge in [0.15, 0.2) is 5.82 Å². The van der Waals surface area contributed by atoms with E-state index < -0.39 is 0 Å². The average molecular weight is 264 g/mol. The summed E-state index contributed by atoms with van der Waals surface area (Å²) >= 11 is 0. The lowest BCUT2D eigenvalue weighted by Gasteiger charge is -2.43. The fourth-order valence-electron chi connectivity index (χ4n) is 2.78. The molecule has 0 amide bonds. The number of rotatable bonds is 4. The van der Waals surface area contributed by atoms with Crippen LogP contribution < -0.4 is 9.64 Å². The maximum absolute atomic E-state index is 5.31. The van der Waals surface area contributed by atoms with E-state index in [0.717, 1.165) is 31.9 Å². The smallest absolute Gasteiger partial charge is 0.257 e. The van der Waals surface area contributed by atoms with Crippen LogP contribution in [0, 0.1) is 0 Å². The zero-order valence-electron chi connectivity index (χ0n) is 12.3. The summed E-state index contributed by atoms with van der Waals surface area (Å²) in [6.07, 6.45) is 4.55. The van der Waals surface area contributed by atoms with Gasteiger partial charge in [-0.3, -0.25) is 4.90 Å². The highest BCUT2D eigenvalue weighted by Gasteiger charge is 2.29. The van der Waals surface area contributed by atoms with Crippen LogP contribution in [-0.4, -0.2) is 53.7 Å². The first-order valence-electron chi connectivity index (χ1n) is 7.03. The molecule has 5 nitrogen and oxygen atoms in total. The van der Waals surface area contributed by atoms with Gasteiger partial charge in [-0.05, 0) is 20.3 Å². The second-order valence-corrected chi connectivity index (χ2v) is 5.23. The van der Waals surface area contributed by atoms with Crippen LogP contribution in [0.1, 0.15) is 27.2 Å². The van der Waals surface area contributed by atoms with Gasteiger partial charge in [0, 0.05) is 44.1 Å². The maximum atomic E-state index is 5.31. The summed E-state index contributed by atoms with van der Waals surface area (Å²) in [5.74, 6) is 1.49. The summed E-state index contributed by atoms with van der Waals surface area (Å²) in [5.41, 5.74) is 0. The van der Waals surface area contributed by atoms with E-state index in [2.05, 4.69) is 40.5 Å². The number of aromatic nitrogens is 2. The van der Waals surface area contributed by atoms with Gasteiger partial charge in [-0.2, -0.15) is 0 Å². The number of anilines is 1. The Kier molecular flexibility index (Phi) is 4.58. The molecule has 0 aromatic carbocycles. The molecule has 1 aliphatic heterocycles. The van der Waals surface area contributed by atoms with Crippen LogP contribution in [0.25, 0.3) is 0 Å². The van der Waals surface area contributed by atoms with Gasteiger partial charge in [-0.25, -0.2) is 9.97 Å². The van der Waals surface area contributed by atoms with Crippen molar-refractivity contribution in [1.29, 1.82) is 0 Å². The molecular formula is C14H24N4O. The Hall–Kier alpha value is -1.36. The highest BCUT2D eigenvalue weighted by molar-refractivity contribution is 5.48. The topological polar surface area (TPSA) is 41.5 Å². The first kappa shape index (κ1) is 14.1. The van der Waals surface area contributed by atoms with Crippen LogP contribution in [0.4, 0.5) is 5.82 Å². The molecule has 1 aliphatic rings. The Labute approximate surface area is 115 Å². The highest BCUT2D eigenvalue weighted by atomic mass is 16.5. The molecule has 2 rings (SSSR count). The van der Waals surface area contributed by atoms with Crippen LogP contribution in [0.5, 0.6) is 5.88 Å². The van der Waals surface area contributed by atoms with Gasteiger partial charge in [0.2, 0.25) is 0 Å². The Morgan fingerprint density at radius 2 is 2.05 bits per heavy atom. The van der Waals surface area contributed by atoms with E-state index in [9.17, 15) is 0 Å². The van der Waals surface area contributed by atoms with Crippen molar-refractivity contribution in [1.82, 2.24) is 14.9 Å². The number of hydrogen-bond donors (Lipinski definition) is 0. The van der Waals surface area contributed by atoms with Crippen LogP contribution >= 0.6 is 0 Å². The van der Waals surface area contributed by atoms with E-state index in [1.54, 1.807) is 19.5 Å². The SMILES string of the molecule is CC[C@@H]1CN(c2nccnc2OC)CCN1C(C)C. The van der Waals surface area contributed by atoms with Crippen LogP contribution in [0.2, 0.25) is 0 Å². The molecule has 0 unspecified atom stereocenters. The lowest BCUT2D eigenvalue weighted by atomic mass is 10.1. The van der Waals surface area contributed by atoms with Crippen molar-refractivity contribution in [3.63, 3.8) is 0 Å². The molecular weight excluding hydrogens is 240 g/mol. The molecule has 0 radical (unpaired) electrons. The molecule has 1 fully saturated rings. The quantitative estimate of drug-likeness (QED) is 0.829. The third kappa shape index (κ3) is 2.97. The van der Waals surface area contributed by atoms with Crippen molar-refractivity contribution >= 4 is 5.82 Å². The van der Waals surface area contributed by atoms with Gasteiger partial charge < -0.3 is 9.64 Å². The fraction of sp³-hybridized carbons (Fsp3) is 0.714. The predicted molar refractivity (Wildman–Crippen MR) is 76.7 cm³/mol. The van der Waals surface area contributed by atoms with Gasteiger partial charge in [-0.15, -0.1) is 0 Å². The van der Waals surface area contributed by atoms with Crippen molar-refractivity contribution in [2.24, 2.45) is 0 Å². The summed E-state index contributed by atoms with van der Waals surface area (Å²) in [7, 11) is 1.65. The van der Waals surface area contributed by atoms with Gasteiger partial charge in [0.05, 0.1) is 7.11 Å². The minimum Gasteiger partial charge on any atom is -0.478 e. The van der Waals surface area contributed by atoms with E-state index in [1.807, 2.05) is 0 Å². The molecule has 1 aromatic heterocycles. The van der Waals surface area contributed by atoms with E-state index in [0.29, 0.717) is 18.0 Å². The summed E-state index contributed by atoms with van der Waals surface area (Å²) in [4.78, 5) is 13.5. The average Bonchev–Trinajstić information content (AvgIpc) is 2.46. The van der Waals surface area contributed by atoms with E-state index in [1.165, 1.54) is 0 Å². The summed E-state index contributed by atoms with van der Waals surface area (Å²) < 4.78 is 5.31. The highest BCUT2D eigenvalue weighted by Crippen LogP contribution is 2.26. The minimum absolute atomic E-state index is 0.570. The van der Waals surface area contributed by atoms with Crippen molar-refractivity contribution < 1.29 is 4.74 Å². The van der Waals surface area contributed by atoms with Crippen LogP contribution in [0.15, 0.2) is 12.4 Å². The molecule has 19 heavy (non-hydrogen) atoms. The number of nitrogens with zero attached hydrogens (tertiary/aromatic N) is 4. The predicted octanol–water partition coefficient (Wildman–Crippen LogP) is 1.79. The lowest BCUT2D eigenvalue weighted by molar-refractivity contribution is 0.132. The van der Waals surface area contributed by atoms with Gasteiger partial charge in [-0.1, -0.05) is 6.92 Å². The fourth-order valence-corrected chi connectivity index (χ4v) is 2.78. The van der Waals surface area contributed by atoms with E-state index >= 15 is 0 Å². The largest absolute Gasteiger partial charge is 0.478 e.